The van der Waals surface area contributed by atoms with E-state index in [1.165, 1.54) is 13.2 Å². The monoisotopic (exact) mass is 267 g/mol. The van der Waals surface area contributed by atoms with E-state index in [1.807, 2.05) is 0 Å². The van der Waals surface area contributed by atoms with E-state index >= 15 is 0 Å². The maximum atomic E-state index is 11.4. The molecule has 7 nitrogen and oxygen atoms in total. The summed E-state index contributed by atoms with van der Waals surface area (Å²) in [5, 5.41) is 16.3. The van der Waals surface area contributed by atoms with E-state index in [-0.39, 0.29) is 11.6 Å². The number of rotatable bonds is 7. The summed E-state index contributed by atoms with van der Waals surface area (Å²) in [6, 6.07) is 6.36. The van der Waals surface area contributed by atoms with Crippen LogP contribution in [0.15, 0.2) is 24.3 Å². The molecule has 0 radical (unpaired) electrons. The number of carbonyl (C=O) groups excluding carboxylic acids is 1. The number of hydrogen-bond donors (Lipinski definition) is 2. The minimum Gasteiger partial charge on any atom is -0.378 e. The van der Waals surface area contributed by atoms with Crippen molar-refractivity contribution < 1.29 is 14.5 Å². The largest absolute Gasteiger partial charge is 0.378 e. The van der Waals surface area contributed by atoms with Crippen molar-refractivity contribution in [3.63, 3.8) is 0 Å². The molecule has 1 atom stereocenters. The van der Waals surface area contributed by atoms with Crippen molar-refractivity contribution in [2.75, 3.05) is 25.5 Å². The van der Waals surface area contributed by atoms with Crippen molar-refractivity contribution in [1.29, 1.82) is 0 Å². The van der Waals surface area contributed by atoms with Gasteiger partial charge in [-0.15, -0.1) is 0 Å². The first-order valence-corrected chi connectivity index (χ1v) is 5.84. The molecule has 19 heavy (non-hydrogen) atoms. The van der Waals surface area contributed by atoms with Crippen LogP contribution >= 0.6 is 0 Å². The molecule has 1 aromatic carbocycles. The Kier molecular flexibility index (Phi) is 5.74. The fourth-order valence-corrected chi connectivity index (χ4v) is 1.42. The topological polar surface area (TPSA) is 93.5 Å². The van der Waals surface area contributed by atoms with Crippen LogP contribution < -0.4 is 10.6 Å². The second-order valence-corrected chi connectivity index (χ2v) is 3.87. The lowest BCUT2D eigenvalue weighted by atomic mass is 10.2. The van der Waals surface area contributed by atoms with Crippen LogP contribution in [-0.2, 0) is 9.53 Å². The summed E-state index contributed by atoms with van der Waals surface area (Å²) in [6.07, 6.45) is -0.508. The second-order valence-electron chi connectivity index (χ2n) is 3.87. The lowest BCUT2D eigenvalue weighted by Gasteiger charge is -2.11. The fraction of sp³-hybridized carbons (Fsp3) is 0.417. The molecule has 0 aliphatic carbocycles. The Labute approximate surface area is 111 Å². The third-order valence-electron chi connectivity index (χ3n) is 2.56. The number of nitro groups is 1. The third-order valence-corrected chi connectivity index (χ3v) is 2.56. The van der Waals surface area contributed by atoms with E-state index in [2.05, 4.69) is 10.6 Å². The molecule has 0 saturated carbocycles. The lowest BCUT2D eigenvalue weighted by Crippen LogP contribution is -2.36. The minimum atomic E-state index is -0.508. The number of nitrogens with zero attached hydrogens (tertiary/aromatic N) is 1. The molecule has 104 valence electrons. The Morgan fingerprint density at radius 3 is 2.74 bits per heavy atom. The van der Waals surface area contributed by atoms with E-state index in [0.29, 0.717) is 18.8 Å². The molecule has 0 aliphatic rings. The van der Waals surface area contributed by atoms with Gasteiger partial charge in [0.25, 0.3) is 5.69 Å². The Hall–Kier alpha value is -2.15. The van der Waals surface area contributed by atoms with Crippen molar-refractivity contribution in [2.24, 2.45) is 0 Å². The number of nitrogens with one attached hydrogen (secondary N) is 2. The van der Waals surface area contributed by atoms with Gasteiger partial charge in [0.05, 0.1) is 4.92 Å². The molecule has 0 bridgehead atoms. The van der Waals surface area contributed by atoms with E-state index in [0.717, 1.165) is 0 Å². The van der Waals surface area contributed by atoms with Gasteiger partial charge in [0, 0.05) is 26.3 Å². The highest BCUT2D eigenvalue weighted by molar-refractivity contribution is 5.80. The normalized spacial score (nSPS) is 11.7. The number of ether oxygens (including phenoxy) is 1. The molecule has 0 spiro atoms. The molecule has 1 aromatic rings. The Morgan fingerprint density at radius 2 is 2.11 bits per heavy atom. The number of hydrogen-bond acceptors (Lipinski definition) is 5. The van der Waals surface area contributed by atoms with Crippen molar-refractivity contribution in [1.82, 2.24) is 5.32 Å². The van der Waals surface area contributed by atoms with E-state index in [4.69, 9.17) is 4.74 Å². The van der Waals surface area contributed by atoms with Gasteiger partial charge in [0.2, 0.25) is 5.91 Å². The van der Waals surface area contributed by atoms with Crippen molar-refractivity contribution in [3.05, 3.63) is 34.4 Å². The van der Waals surface area contributed by atoms with Crippen LogP contribution in [0.25, 0.3) is 0 Å². The first kappa shape index (κ1) is 14.9. The van der Waals surface area contributed by atoms with E-state index in [1.54, 1.807) is 25.1 Å². The second kappa shape index (κ2) is 7.32. The van der Waals surface area contributed by atoms with Crippen LogP contribution in [0.3, 0.4) is 0 Å². The average molecular weight is 267 g/mol. The van der Waals surface area contributed by atoms with E-state index in [9.17, 15) is 14.9 Å². The SMILES string of the molecule is CO[C@H](C)C(=O)NCCNc1ccccc1[N+](=O)[O-]. The lowest BCUT2D eigenvalue weighted by molar-refractivity contribution is -0.384. The zero-order valence-corrected chi connectivity index (χ0v) is 10.9. The van der Waals surface area contributed by atoms with Crippen LogP contribution in [0.1, 0.15) is 6.92 Å². The van der Waals surface area contributed by atoms with Crippen LogP contribution in [0.2, 0.25) is 0 Å². The summed E-state index contributed by atoms with van der Waals surface area (Å²) < 4.78 is 4.86. The summed E-state index contributed by atoms with van der Waals surface area (Å²) >= 11 is 0. The van der Waals surface area contributed by atoms with Crippen molar-refractivity contribution in [3.8, 4) is 0 Å². The van der Waals surface area contributed by atoms with Crippen LogP contribution in [0.4, 0.5) is 11.4 Å². The quantitative estimate of drug-likeness (QED) is 0.439. The maximum Gasteiger partial charge on any atom is 0.292 e. The number of benzene rings is 1. The summed E-state index contributed by atoms with van der Waals surface area (Å²) in [5.74, 6) is -0.216. The van der Waals surface area contributed by atoms with Crippen molar-refractivity contribution in [2.45, 2.75) is 13.0 Å². The zero-order chi connectivity index (χ0) is 14.3. The number of para-hydroxylation sites is 2. The smallest absolute Gasteiger partial charge is 0.292 e. The Bertz CT molecular complexity index is 450. The molecule has 0 saturated heterocycles. The summed E-state index contributed by atoms with van der Waals surface area (Å²) in [6.45, 7) is 2.40. The molecule has 1 amide bonds. The standard InChI is InChI=1S/C12H17N3O4/c1-9(19-2)12(16)14-8-7-13-10-5-3-4-6-11(10)15(17)18/h3-6,9,13H,7-8H2,1-2H3,(H,14,16)/t9-/m1/s1. The molecular weight excluding hydrogens is 250 g/mol. The predicted octanol–water partition coefficient (Wildman–Crippen LogP) is 1.16. The summed E-state index contributed by atoms with van der Waals surface area (Å²) in [7, 11) is 1.45. The summed E-state index contributed by atoms with van der Waals surface area (Å²) in [5.41, 5.74) is 0.445. The third kappa shape index (κ3) is 4.55. The van der Waals surface area contributed by atoms with Crippen LogP contribution in [-0.4, -0.2) is 37.1 Å². The summed E-state index contributed by atoms with van der Waals surface area (Å²) in [4.78, 5) is 21.7. The average Bonchev–Trinajstić information content (AvgIpc) is 2.42. The first-order valence-electron chi connectivity index (χ1n) is 5.84. The highest BCUT2D eigenvalue weighted by Gasteiger charge is 2.12. The van der Waals surface area contributed by atoms with Crippen LogP contribution in [0.5, 0.6) is 0 Å². The zero-order valence-electron chi connectivity index (χ0n) is 10.9. The van der Waals surface area contributed by atoms with Gasteiger partial charge in [0.1, 0.15) is 11.8 Å². The minimum absolute atomic E-state index is 0.0130. The van der Waals surface area contributed by atoms with Gasteiger partial charge in [-0.2, -0.15) is 0 Å². The molecule has 0 heterocycles. The Morgan fingerprint density at radius 1 is 1.42 bits per heavy atom. The number of nitro benzene ring substituents is 1. The number of amides is 1. The number of carbonyl (C=O) groups is 1. The first-order chi connectivity index (χ1) is 9.06. The molecule has 1 rings (SSSR count). The molecule has 0 aromatic heterocycles. The fourth-order valence-electron chi connectivity index (χ4n) is 1.42. The van der Waals surface area contributed by atoms with Gasteiger partial charge in [-0.1, -0.05) is 12.1 Å². The highest BCUT2D eigenvalue weighted by atomic mass is 16.6. The van der Waals surface area contributed by atoms with Crippen molar-refractivity contribution >= 4 is 17.3 Å². The maximum absolute atomic E-state index is 11.4. The Balaban J connectivity index is 2.42. The molecule has 2 N–H and O–H groups in total. The molecule has 7 heteroatoms. The van der Waals surface area contributed by atoms with Gasteiger partial charge < -0.3 is 15.4 Å². The van der Waals surface area contributed by atoms with E-state index < -0.39 is 11.0 Å². The van der Waals surface area contributed by atoms with Crippen LogP contribution in [0, 0.1) is 10.1 Å². The molecular formula is C12H17N3O4. The van der Waals surface area contributed by atoms with Gasteiger partial charge in [-0.3, -0.25) is 14.9 Å². The highest BCUT2D eigenvalue weighted by Crippen LogP contribution is 2.22. The van der Waals surface area contributed by atoms with Gasteiger partial charge >= 0.3 is 0 Å². The molecule has 0 fully saturated rings. The molecule has 0 unspecified atom stereocenters. The number of methoxy groups -OCH3 is 1. The molecule has 0 aliphatic heterocycles. The van der Waals surface area contributed by atoms with Gasteiger partial charge in [-0.05, 0) is 13.0 Å². The van der Waals surface area contributed by atoms with Gasteiger partial charge in [0.15, 0.2) is 0 Å². The van der Waals surface area contributed by atoms with Gasteiger partial charge in [-0.25, -0.2) is 0 Å². The number of anilines is 1. The predicted molar refractivity (Wildman–Crippen MR) is 71.1 cm³/mol.